The van der Waals surface area contributed by atoms with Crippen LogP contribution in [0.4, 0.5) is 5.69 Å². The molecule has 4 aromatic rings. The number of aromatic amines is 1. The summed E-state index contributed by atoms with van der Waals surface area (Å²) in [5.74, 6) is -0.0563. The summed E-state index contributed by atoms with van der Waals surface area (Å²) in [5.41, 5.74) is 8.41. The van der Waals surface area contributed by atoms with Crippen LogP contribution in [0.5, 0.6) is 0 Å². The van der Waals surface area contributed by atoms with E-state index in [1.54, 1.807) is 18.3 Å². The summed E-state index contributed by atoms with van der Waals surface area (Å²) >= 11 is 0. The van der Waals surface area contributed by atoms with Crippen LogP contribution in [0.25, 0.3) is 28.6 Å². The first-order valence-corrected chi connectivity index (χ1v) is 14.0. The molecule has 41 heavy (non-hydrogen) atoms. The van der Waals surface area contributed by atoms with Gasteiger partial charge in [-0.25, -0.2) is 4.68 Å². The molecule has 0 unspecified atom stereocenters. The second-order valence-corrected chi connectivity index (χ2v) is 10.3. The molecule has 0 aliphatic carbocycles. The number of aromatic nitrogens is 3. The molecule has 2 aromatic carbocycles. The lowest BCUT2D eigenvalue weighted by Gasteiger charge is -2.17. The van der Waals surface area contributed by atoms with Gasteiger partial charge in [0, 0.05) is 40.2 Å². The van der Waals surface area contributed by atoms with Gasteiger partial charge in [0.25, 0.3) is 5.91 Å². The standard InChI is InChI=1S/C33H34N6O2/c1-5-38(6-2)17-7-8-31(40)32-21(3)29(36-22(32)4)19-27-26-18-24(11-14-28(26)37-33(27)41)30-15-16-35-39(30)25-12-9-23(20-34)10-13-25/h9-16,18-19,36H,5-8,17H2,1-4H3,(H,37,41)/b27-19-. The Bertz CT molecular complexity index is 1680. The number of carbonyl (C=O) groups excluding carboxylic acids is 2. The molecule has 0 atom stereocenters. The molecule has 5 rings (SSSR count). The largest absolute Gasteiger partial charge is 0.358 e. The first-order valence-electron chi connectivity index (χ1n) is 14.0. The van der Waals surface area contributed by atoms with Crippen molar-refractivity contribution in [1.29, 1.82) is 5.26 Å². The highest BCUT2D eigenvalue weighted by atomic mass is 16.2. The fourth-order valence-electron chi connectivity index (χ4n) is 5.50. The highest BCUT2D eigenvalue weighted by Gasteiger charge is 2.26. The Morgan fingerprint density at radius 2 is 1.85 bits per heavy atom. The topological polar surface area (TPSA) is 107 Å². The van der Waals surface area contributed by atoms with Gasteiger partial charge >= 0.3 is 0 Å². The number of hydrogen-bond acceptors (Lipinski definition) is 5. The molecule has 208 valence electrons. The van der Waals surface area contributed by atoms with Crippen molar-refractivity contribution in [3.8, 4) is 23.0 Å². The molecule has 1 aliphatic heterocycles. The number of nitriles is 1. The number of rotatable bonds is 10. The molecule has 0 saturated heterocycles. The lowest BCUT2D eigenvalue weighted by molar-refractivity contribution is -0.110. The number of Topliss-reactive ketones (excluding diaryl/α,β-unsaturated/α-hetero) is 1. The molecular formula is C33H34N6O2. The summed E-state index contributed by atoms with van der Waals surface area (Å²) in [6.45, 7) is 11.0. The zero-order valence-electron chi connectivity index (χ0n) is 23.9. The summed E-state index contributed by atoms with van der Waals surface area (Å²) in [6, 6.07) is 17.1. The van der Waals surface area contributed by atoms with Gasteiger partial charge in [-0.1, -0.05) is 19.9 Å². The molecule has 0 radical (unpaired) electrons. The van der Waals surface area contributed by atoms with Crippen molar-refractivity contribution in [3.05, 3.63) is 88.4 Å². The van der Waals surface area contributed by atoms with Gasteiger partial charge < -0.3 is 15.2 Å². The van der Waals surface area contributed by atoms with Gasteiger partial charge in [-0.15, -0.1) is 0 Å². The van der Waals surface area contributed by atoms with E-state index in [0.717, 1.165) is 76.8 Å². The van der Waals surface area contributed by atoms with E-state index in [1.807, 2.05) is 61.0 Å². The van der Waals surface area contributed by atoms with Crippen LogP contribution in [0.2, 0.25) is 0 Å². The van der Waals surface area contributed by atoms with Gasteiger partial charge in [0.15, 0.2) is 5.78 Å². The maximum absolute atomic E-state index is 13.2. The fourth-order valence-corrected chi connectivity index (χ4v) is 5.50. The number of nitrogens with zero attached hydrogens (tertiary/aromatic N) is 4. The minimum atomic E-state index is -0.184. The molecule has 1 aliphatic rings. The molecule has 0 spiro atoms. The minimum Gasteiger partial charge on any atom is -0.358 e. The average Bonchev–Trinajstić information content (AvgIpc) is 3.66. The number of nitrogens with one attached hydrogen (secondary N) is 2. The third-order valence-corrected chi connectivity index (χ3v) is 7.80. The van der Waals surface area contributed by atoms with Crippen LogP contribution in [0.3, 0.4) is 0 Å². The van der Waals surface area contributed by atoms with E-state index in [1.165, 1.54) is 0 Å². The smallest absolute Gasteiger partial charge is 0.256 e. The van der Waals surface area contributed by atoms with Crippen molar-refractivity contribution in [2.45, 2.75) is 40.5 Å². The molecule has 2 aromatic heterocycles. The van der Waals surface area contributed by atoms with Gasteiger partial charge in [0.2, 0.25) is 0 Å². The SMILES string of the molecule is CCN(CC)CCCC(=O)c1c(C)[nH]c(/C=C2\C(=O)Nc3ccc(-c4ccnn4-c4ccc(C#N)cc4)cc32)c1C. The number of H-pyrrole nitrogens is 1. The van der Waals surface area contributed by atoms with Gasteiger partial charge in [-0.3, -0.25) is 9.59 Å². The first-order chi connectivity index (χ1) is 19.8. The van der Waals surface area contributed by atoms with Crippen molar-refractivity contribution in [2.24, 2.45) is 0 Å². The third-order valence-electron chi connectivity index (χ3n) is 7.80. The Morgan fingerprint density at radius 1 is 1.10 bits per heavy atom. The number of benzene rings is 2. The number of aryl methyl sites for hydroxylation is 1. The van der Waals surface area contributed by atoms with Crippen LogP contribution in [0.15, 0.2) is 54.7 Å². The van der Waals surface area contributed by atoms with Crippen molar-refractivity contribution in [2.75, 3.05) is 25.0 Å². The quantitative estimate of drug-likeness (QED) is 0.183. The minimum absolute atomic E-state index is 0.127. The number of carbonyl (C=O) groups is 2. The summed E-state index contributed by atoms with van der Waals surface area (Å²) in [5, 5.41) is 16.6. The van der Waals surface area contributed by atoms with Crippen LogP contribution >= 0.6 is 0 Å². The van der Waals surface area contributed by atoms with Crippen molar-refractivity contribution in [3.63, 3.8) is 0 Å². The van der Waals surface area contributed by atoms with Crippen molar-refractivity contribution in [1.82, 2.24) is 19.7 Å². The van der Waals surface area contributed by atoms with Crippen molar-refractivity contribution >= 4 is 29.0 Å². The monoisotopic (exact) mass is 546 g/mol. The summed E-state index contributed by atoms with van der Waals surface area (Å²) in [6.07, 6.45) is 4.88. The van der Waals surface area contributed by atoms with E-state index >= 15 is 0 Å². The fraction of sp³-hybridized carbons (Fsp3) is 0.273. The lowest BCUT2D eigenvalue weighted by atomic mass is 9.99. The second-order valence-electron chi connectivity index (χ2n) is 10.3. The van der Waals surface area contributed by atoms with E-state index in [0.29, 0.717) is 17.6 Å². The number of ketones is 1. The van der Waals surface area contributed by atoms with Gasteiger partial charge in [-0.2, -0.15) is 10.4 Å². The molecule has 0 saturated carbocycles. The average molecular weight is 547 g/mol. The molecule has 8 nitrogen and oxygen atoms in total. The van der Waals surface area contributed by atoms with Gasteiger partial charge in [0.05, 0.1) is 34.8 Å². The van der Waals surface area contributed by atoms with E-state index in [-0.39, 0.29) is 11.7 Å². The number of amides is 1. The number of fused-ring (bicyclic) bond motifs is 1. The second kappa shape index (κ2) is 11.8. The number of anilines is 1. The molecule has 8 heteroatoms. The van der Waals surface area contributed by atoms with E-state index in [4.69, 9.17) is 5.26 Å². The van der Waals surface area contributed by atoms with Crippen molar-refractivity contribution < 1.29 is 9.59 Å². The Balaban J connectivity index is 1.44. The summed E-state index contributed by atoms with van der Waals surface area (Å²) < 4.78 is 1.81. The molecule has 1 amide bonds. The Morgan fingerprint density at radius 3 is 2.56 bits per heavy atom. The lowest BCUT2D eigenvalue weighted by Crippen LogP contribution is -2.24. The Labute approximate surface area is 240 Å². The van der Waals surface area contributed by atoms with Gasteiger partial charge in [-0.05, 0) is 94.0 Å². The molecule has 2 N–H and O–H groups in total. The molecule has 0 bridgehead atoms. The molecular weight excluding hydrogens is 512 g/mol. The van der Waals surface area contributed by atoms with E-state index in [9.17, 15) is 9.59 Å². The first kappa shape index (κ1) is 27.8. The van der Waals surface area contributed by atoms with E-state index < -0.39 is 0 Å². The third kappa shape index (κ3) is 5.49. The van der Waals surface area contributed by atoms with E-state index in [2.05, 4.69) is 40.2 Å². The molecule has 3 heterocycles. The Hall–Kier alpha value is -4.74. The normalized spacial score (nSPS) is 13.5. The zero-order valence-corrected chi connectivity index (χ0v) is 23.9. The van der Waals surface area contributed by atoms with Crippen LogP contribution in [-0.4, -0.2) is 51.0 Å². The highest BCUT2D eigenvalue weighted by molar-refractivity contribution is 6.35. The maximum Gasteiger partial charge on any atom is 0.256 e. The van der Waals surface area contributed by atoms with Crippen LogP contribution in [0, 0.1) is 25.2 Å². The highest BCUT2D eigenvalue weighted by Crippen LogP contribution is 2.37. The predicted molar refractivity (Wildman–Crippen MR) is 162 cm³/mol. The Kier molecular flexibility index (Phi) is 7.99. The van der Waals surface area contributed by atoms with Crippen LogP contribution in [-0.2, 0) is 4.79 Å². The van der Waals surface area contributed by atoms with Crippen LogP contribution < -0.4 is 5.32 Å². The maximum atomic E-state index is 13.2. The summed E-state index contributed by atoms with van der Waals surface area (Å²) in [7, 11) is 0. The van der Waals surface area contributed by atoms with Gasteiger partial charge in [0.1, 0.15) is 0 Å². The number of hydrogen-bond donors (Lipinski definition) is 2. The predicted octanol–water partition coefficient (Wildman–Crippen LogP) is 6.15. The van der Waals surface area contributed by atoms with Crippen LogP contribution in [0.1, 0.15) is 65.1 Å². The molecule has 0 fully saturated rings. The summed E-state index contributed by atoms with van der Waals surface area (Å²) in [4.78, 5) is 31.9. The zero-order chi connectivity index (χ0) is 29.1.